The first-order valence-electron chi connectivity index (χ1n) is 6.55. The van der Waals surface area contributed by atoms with Gasteiger partial charge in [-0.05, 0) is 19.1 Å². The van der Waals surface area contributed by atoms with Gasteiger partial charge in [-0.25, -0.2) is 0 Å². The molecule has 0 spiro atoms. The molecule has 4 nitrogen and oxygen atoms in total. The van der Waals surface area contributed by atoms with Gasteiger partial charge in [0, 0.05) is 34.8 Å². The number of benzene rings is 1. The zero-order chi connectivity index (χ0) is 15.6. The predicted molar refractivity (Wildman–Crippen MR) is 87.6 cm³/mol. The SMILES string of the molecule is CC(c1c(Cl)cccc1Cl)N1CCNC([NH3+])=C1C=C(N)Cl. The number of quaternary nitrogens is 1. The fraction of sp³-hybridized carbons (Fsp3) is 0.286. The second-order valence-electron chi connectivity index (χ2n) is 4.82. The van der Waals surface area contributed by atoms with Gasteiger partial charge >= 0.3 is 0 Å². The Kier molecular flexibility index (Phi) is 5.27. The van der Waals surface area contributed by atoms with Gasteiger partial charge in [0.1, 0.15) is 10.9 Å². The van der Waals surface area contributed by atoms with E-state index in [1.165, 1.54) is 0 Å². The molecule has 1 heterocycles. The molecule has 1 atom stereocenters. The van der Waals surface area contributed by atoms with Crippen molar-refractivity contribution in [2.45, 2.75) is 13.0 Å². The van der Waals surface area contributed by atoms with E-state index in [0.29, 0.717) is 10.0 Å². The van der Waals surface area contributed by atoms with Gasteiger partial charge in [0.15, 0.2) is 0 Å². The molecule has 1 unspecified atom stereocenters. The maximum atomic E-state index is 6.31. The van der Waals surface area contributed by atoms with Crippen molar-refractivity contribution >= 4 is 34.8 Å². The second-order valence-corrected chi connectivity index (χ2v) is 6.08. The zero-order valence-corrected chi connectivity index (χ0v) is 13.9. The summed E-state index contributed by atoms with van der Waals surface area (Å²) in [6.45, 7) is 3.60. The number of hydrogen-bond donors (Lipinski definition) is 3. The van der Waals surface area contributed by atoms with Crippen LogP contribution in [0.25, 0.3) is 0 Å². The molecule has 0 aromatic heterocycles. The summed E-state index contributed by atoms with van der Waals surface area (Å²) in [4.78, 5) is 2.14. The minimum atomic E-state index is -0.0210. The average molecular weight is 349 g/mol. The van der Waals surface area contributed by atoms with Crippen LogP contribution < -0.4 is 16.8 Å². The Hall–Kier alpha value is -1.07. The van der Waals surface area contributed by atoms with E-state index in [4.69, 9.17) is 40.5 Å². The van der Waals surface area contributed by atoms with Gasteiger partial charge in [-0.15, -0.1) is 0 Å². The quantitative estimate of drug-likeness (QED) is 0.735. The van der Waals surface area contributed by atoms with E-state index in [-0.39, 0.29) is 11.2 Å². The summed E-state index contributed by atoms with van der Waals surface area (Å²) in [6.07, 6.45) is 1.69. The van der Waals surface area contributed by atoms with Crippen LogP contribution in [0, 0.1) is 0 Å². The summed E-state index contributed by atoms with van der Waals surface area (Å²) in [5, 5.41) is 4.69. The molecule has 1 aromatic rings. The summed E-state index contributed by atoms with van der Waals surface area (Å²) in [5.74, 6) is 0.778. The standard InChI is InChI=1S/C14H17Cl3N4/c1-8(13-9(15)3-2-4-10(13)16)21-6-5-20-14(19)11(21)7-12(17)18/h2-4,7-8,20H,5-6,18-19H2,1H3/p+1. The number of nitrogens with two attached hydrogens (primary N) is 1. The molecule has 0 saturated carbocycles. The third kappa shape index (κ3) is 3.58. The van der Waals surface area contributed by atoms with Crippen molar-refractivity contribution in [1.29, 1.82) is 0 Å². The maximum absolute atomic E-state index is 6.31. The van der Waals surface area contributed by atoms with E-state index >= 15 is 0 Å². The minimum absolute atomic E-state index is 0.0210. The molecule has 0 bridgehead atoms. The van der Waals surface area contributed by atoms with Gasteiger partial charge in [0.25, 0.3) is 0 Å². The highest BCUT2D eigenvalue weighted by Gasteiger charge is 2.27. The fourth-order valence-electron chi connectivity index (χ4n) is 2.48. The van der Waals surface area contributed by atoms with Gasteiger partial charge in [0.05, 0.1) is 6.04 Å². The highest BCUT2D eigenvalue weighted by Crippen LogP contribution is 2.35. The number of rotatable bonds is 3. The lowest BCUT2D eigenvalue weighted by Gasteiger charge is -2.36. The maximum Gasteiger partial charge on any atom is 0.220 e. The largest absolute Gasteiger partial charge is 0.389 e. The van der Waals surface area contributed by atoms with Gasteiger partial charge in [-0.3, -0.25) is 0 Å². The third-order valence-corrected chi connectivity index (χ3v) is 4.24. The molecule has 0 aliphatic carbocycles. The van der Waals surface area contributed by atoms with Gasteiger partial charge in [-0.1, -0.05) is 40.9 Å². The van der Waals surface area contributed by atoms with Crippen LogP contribution in [-0.2, 0) is 0 Å². The Morgan fingerprint density at radius 3 is 2.62 bits per heavy atom. The summed E-state index contributed by atoms with van der Waals surface area (Å²) in [7, 11) is 0. The van der Waals surface area contributed by atoms with E-state index in [1.807, 2.05) is 25.1 Å². The lowest BCUT2D eigenvalue weighted by atomic mass is 10.0. The molecule has 7 heteroatoms. The second kappa shape index (κ2) is 6.79. The summed E-state index contributed by atoms with van der Waals surface area (Å²) in [6, 6.07) is 5.48. The summed E-state index contributed by atoms with van der Waals surface area (Å²) >= 11 is 18.4. The highest BCUT2D eigenvalue weighted by molar-refractivity contribution is 6.36. The van der Waals surface area contributed by atoms with Crippen LogP contribution in [0.2, 0.25) is 10.0 Å². The topological polar surface area (TPSA) is 68.9 Å². The number of nitrogens with zero attached hydrogens (tertiary/aromatic N) is 1. The van der Waals surface area contributed by atoms with Crippen LogP contribution >= 0.6 is 34.8 Å². The number of hydrogen-bond acceptors (Lipinski definition) is 3. The minimum Gasteiger partial charge on any atom is -0.389 e. The van der Waals surface area contributed by atoms with E-state index in [2.05, 4.69) is 16.0 Å². The van der Waals surface area contributed by atoms with E-state index in [1.54, 1.807) is 6.08 Å². The molecular formula is C14H18Cl3N4+. The Bertz CT molecular complexity index is 574. The number of nitrogens with one attached hydrogen (secondary N) is 1. The molecule has 21 heavy (non-hydrogen) atoms. The summed E-state index contributed by atoms with van der Waals surface area (Å²) in [5.41, 5.74) is 11.3. The normalized spacial score (nSPS) is 17.8. The first kappa shape index (κ1) is 16.3. The zero-order valence-electron chi connectivity index (χ0n) is 11.7. The molecule has 0 radical (unpaired) electrons. The average Bonchev–Trinajstić information content (AvgIpc) is 2.40. The van der Waals surface area contributed by atoms with Crippen molar-refractivity contribution in [2.75, 3.05) is 13.1 Å². The number of halogens is 3. The Labute approximate surface area is 139 Å². The third-order valence-electron chi connectivity index (χ3n) is 3.47. The smallest absolute Gasteiger partial charge is 0.220 e. The van der Waals surface area contributed by atoms with Crippen molar-refractivity contribution in [1.82, 2.24) is 10.2 Å². The fourth-order valence-corrected chi connectivity index (χ4v) is 3.30. The summed E-state index contributed by atoms with van der Waals surface area (Å²) < 4.78 is 0. The Morgan fingerprint density at radius 1 is 1.43 bits per heavy atom. The van der Waals surface area contributed by atoms with E-state index < -0.39 is 0 Å². The molecule has 2 rings (SSSR count). The van der Waals surface area contributed by atoms with E-state index in [0.717, 1.165) is 30.2 Å². The van der Waals surface area contributed by atoms with Crippen LogP contribution in [-0.4, -0.2) is 18.0 Å². The predicted octanol–water partition coefficient (Wildman–Crippen LogP) is 2.41. The monoisotopic (exact) mass is 347 g/mol. The van der Waals surface area contributed by atoms with Crippen molar-refractivity contribution in [3.63, 3.8) is 0 Å². The molecule has 1 aliphatic rings. The Morgan fingerprint density at radius 2 is 2.05 bits per heavy atom. The van der Waals surface area contributed by atoms with Gasteiger partial charge in [-0.2, -0.15) is 0 Å². The van der Waals surface area contributed by atoms with Crippen molar-refractivity contribution in [2.24, 2.45) is 5.73 Å². The van der Waals surface area contributed by atoms with Crippen molar-refractivity contribution in [3.05, 3.63) is 56.6 Å². The molecule has 114 valence electrons. The van der Waals surface area contributed by atoms with Gasteiger partial charge in [0.2, 0.25) is 5.82 Å². The van der Waals surface area contributed by atoms with E-state index in [9.17, 15) is 0 Å². The Balaban J connectivity index is 2.44. The molecule has 1 aromatic carbocycles. The van der Waals surface area contributed by atoms with Gasteiger partial charge < -0.3 is 21.7 Å². The lowest BCUT2D eigenvalue weighted by molar-refractivity contribution is -0.316. The van der Waals surface area contributed by atoms with Crippen LogP contribution in [0.3, 0.4) is 0 Å². The van der Waals surface area contributed by atoms with Crippen molar-refractivity contribution < 1.29 is 5.73 Å². The first-order chi connectivity index (χ1) is 9.91. The molecular weight excluding hydrogens is 331 g/mol. The van der Waals surface area contributed by atoms with Crippen LogP contribution in [0.1, 0.15) is 18.5 Å². The molecule has 0 amide bonds. The van der Waals surface area contributed by atoms with Crippen LogP contribution in [0.5, 0.6) is 0 Å². The first-order valence-corrected chi connectivity index (χ1v) is 7.68. The molecule has 1 aliphatic heterocycles. The number of allylic oxidation sites excluding steroid dienone is 1. The van der Waals surface area contributed by atoms with Crippen LogP contribution in [0.15, 0.2) is 40.9 Å². The lowest BCUT2D eigenvalue weighted by Crippen LogP contribution is -2.59. The molecule has 6 N–H and O–H groups in total. The molecule has 0 fully saturated rings. The highest BCUT2D eigenvalue weighted by atomic mass is 35.5. The van der Waals surface area contributed by atoms with Crippen molar-refractivity contribution in [3.8, 4) is 0 Å². The molecule has 0 saturated heterocycles. The van der Waals surface area contributed by atoms with Crippen LogP contribution in [0.4, 0.5) is 0 Å².